The van der Waals surface area contributed by atoms with E-state index < -0.39 is 0 Å². The Morgan fingerprint density at radius 3 is 2.77 bits per heavy atom. The standard InChI is InChI=1S/C9H17N3O/c1-4-12(3)7-5-6-9-10-8(2)11-13-9/h4-7H2,1-3H3. The minimum Gasteiger partial charge on any atom is -0.339 e. The molecule has 1 aromatic heterocycles. The Balaban J connectivity index is 2.20. The molecule has 74 valence electrons. The lowest BCUT2D eigenvalue weighted by Crippen LogP contribution is -2.19. The third-order valence-electron chi connectivity index (χ3n) is 2.04. The highest BCUT2D eigenvalue weighted by Crippen LogP contribution is 2.00. The van der Waals surface area contributed by atoms with Crippen LogP contribution in [0.2, 0.25) is 0 Å². The molecule has 0 aromatic carbocycles. The fourth-order valence-electron chi connectivity index (χ4n) is 1.10. The van der Waals surface area contributed by atoms with Crippen LogP contribution >= 0.6 is 0 Å². The quantitative estimate of drug-likeness (QED) is 0.689. The molecule has 13 heavy (non-hydrogen) atoms. The fourth-order valence-corrected chi connectivity index (χ4v) is 1.10. The van der Waals surface area contributed by atoms with E-state index >= 15 is 0 Å². The minimum atomic E-state index is 0.721. The van der Waals surface area contributed by atoms with E-state index in [0.29, 0.717) is 0 Å². The van der Waals surface area contributed by atoms with Gasteiger partial charge in [-0.2, -0.15) is 4.98 Å². The summed E-state index contributed by atoms with van der Waals surface area (Å²) in [7, 11) is 2.11. The molecule has 0 fully saturated rings. The lowest BCUT2D eigenvalue weighted by Gasteiger charge is -2.11. The molecule has 0 saturated heterocycles. The van der Waals surface area contributed by atoms with Gasteiger partial charge in [0, 0.05) is 6.42 Å². The molecular formula is C9H17N3O. The van der Waals surface area contributed by atoms with E-state index in [4.69, 9.17) is 4.52 Å². The normalized spacial score (nSPS) is 11.1. The van der Waals surface area contributed by atoms with Gasteiger partial charge in [-0.1, -0.05) is 12.1 Å². The van der Waals surface area contributed by atoms with E-state index in [2.05, 4.69) is 29.0 Å². The zero-order valence-corrected chi connectivity index (χ0v) is 8.58. The summed E-state index contributed by atoms with van der Waals surface area (Å²) in [6.07, 6.45) is 1.96. The van der Waals surface area contributed by atoms with E-state index in [-0.39, 0.29) is 0 Å². The van der Waals surface area contributed by atoms with Crippen LogP contribution in [0.4, 0.5) is 0 Å². The van der Waals surface area contributed by atoms with Gasteiger partial charge in [0.15, 0.2) is 5.82 Å². The summed E-state index contributed by atoms with van der Waals surface area (Å²) in [5.41, 5.74) is 0. The lowest BCUT2D eigenvalue weighted by atomic mass is 10.3. The molecule has 0 N–H and O–H groups in total. The zero-order chi connectivity index (χ0) is 9.68. The first-order valence-electron chi connectivity index (χ1n) is 4.70. The van der Waals surface area contributed by atoms with E-state index in [9.17, 15) is 0 Å². The Bertz CT molecular complexity index is 247. The van der Waals surface area contributed by atoms with Crippen molar-refractivity contribution in [2.75, 3.05) is 20.1 Å². The van der Waals surface area contributed by atoms with E-state index in [1.807, 2.05) is 6.92 Å². The monoisotopic (exact) mass is 183 g/mol. The van der Waals surface area contributed by atoms with Crippen molar-refractivity contribution >= 4 is 0 Å². The average molecular weight is 183 g/mol. The first kappa shape index (κ1) is 10.2. The molecule has 0 bridgehead atoms. The van der Waals surface area contributed by atoms with Crippen molar-refractivity contribution in [3.63, 3.8) is 0 Å². The van der Waals surface area contributed by atoms with Crippen molar-refractivity contribution in [3.8, 4) is 0 Å². The second-order valence-corrected chi connectivity index (χ2v) is 3.23. The summed E-state index contributed by atoms with van der Waals surface area (Å²) in [5, 5.41) is 3.73. The highest BCUT2D eigenvalue weighted by atomic mass is 16.5. The minimum absolute atomic E-state index is 0.721. The van der Waals surface area contributed by atoms with Gasteiger partial charge in [-0.3, -0.25) is 0 Å². The summed E-state index contributed by atoms with van der Waals surface area (Å²) in [4.78, 5) is 6.40. The summed E-state index contributed by atoms with van der Waals surface area (Å²) >= 11 is 0. The first-order valence-corrected chi connectivity index (χ1v) is 4.70. The molecule has 4 nitrogen and oxygen atoms in total. The molecule has 0 amide bonds. The van der Waals surface area contributed by atoms with Crippen molar-refractivity contribution in [3.05, 3.63) is 11.7 Å². The maximum atomic E-state index is 5.00. The Morgan fingerprint density at radius 2 is 2.23 bits per heavy atom. The van der Waals surface area contributed by atoms with E-state index in [1.165, 1.54) is 0 Å². The molecule has 1 aromatic rings. The number of aromatic nitrogens is 2. The SMILES string of the molecule is CCN(C)CCCc1nc(C)no1. The smallest absolute Gasteiger partial charge is 0.226 e. The molecule has 0 unspecified atom stereocenters. The molecule has 0 aliphatic rings. The second-order valence-electron chi connectivity index (χ2n) is 3.23. The van der Waals surface area contributed by atoms with Gasteiger partial charge in [0.25, 0.3) is 0 Å². The van der Waals surface area contributed by atoms with Crippen LogP contribution in [0.3, 0.4) is 0 Å². The number of rotatable bonds is 5. The molecule has 0 atom stereocenters. The fraction of sp³-hybridized carbons (Fsp3) is 0.778. The molecule has 1 rings (SSSR count). The molecule has 1 heterocycles. The third-order valence-corrected chi connectivity index (χ3v) is 2.04. The van der Waals surface area contributed by atoms with Crippen LogP contribution in [0.15, 0.2) is 4.52 Å². The van der Waals surface area contributed by atoms with Gasteiger partial charge in [0.2, 0.25) is 5.89 Å². The van der Waals surface area contributed by atoms with Crippen LogP contribution in [-0.4, -0.2) is 35.2 Å². The highest BCUT2D eigenvalue weighted by Gasteiger charge is 2.02. The number of aryl methyl sites for hydroxylation is 2. The molecule has 0 spiro atoms. The first-order chi connectivity index (χ1) is 6.22. The highest BCUT2D eigenvalue weighted by molar-refractivity contribution is 4.82. The van der Waals surface area contributed by atoms with Crippen LogP contribution in [-0.2, 0) is 6.42 Å². The Kier molecular flexibility index (Phi) is 3.89. The number of hydrogen-bond acceptors (Lipinski definition) is 4. The maximum Gasteiger partial charge on any atom is 0.226 e. The summed E-state index contributed by atoms with van der Waals surface area (Å²) in [6.45, 7) is 6.16. The van der Waals surface area contributed by atoms with Crippen LogP contribution in [0.25, 0.3) is 0 Å². The largest absolute Gasteiger partial charge is 0.339 e. The van der Waals surface area contributed by atoms with Crippen molar-refractivity contribution in [2.24, 2.45) is 0 Å². The van der Waals surface area contributed by atoms with Crippen LogP contribution in [0.1, 0.15) is 25.1 Å². The molecule has 0 aliphatic carbocycles. The van der Waals surface area contributed by atoms with Gasteiger partial charge >= 0.3 is 0 Å². The van der Waals surface area contributed by atoms with Gasteiger partial charge in [0.1, 0.15) is 0 Å². The van der Waals surface area contributed by atoms with Gasteiger partial charge < -0.3 is 9.42 Å². The lowest BCUT2D eigenvalue weighted by molar-refractivity contribution is 0.328. The maximum absolute atomic E-state index is 5.00. The summed E-state index contributed by atoms with van der Waals surface area (Å²) in [5.74, 6) is 1.47. The second kappa shape index (κ2) is 4.97. The Hall–Kier alpha value is -0.900. The predicted molar refractivity (Wildman–Crippen MR) is 50.5 cm³/mol. The van der Waals surface area contributed by atoms with Gasteiger partial charge in [-0.25, -0.2) is 0 Å². The topological polar surface area (TPSA) is 42.2 Å². The summed E-state index contributed by atoms with van der Waals surface area (Å²) in [6, 6.07) is 0. The molecule has 0 aliphatic heterocycles. The molecular weight excluding hydrogens is 166 g/mol. The van der Waals surface area contributed by atoms with E-state index in [1.54, 1.807) is 0 Å². The van der Waals surface area contributed by atoms with Crippen LogP contribution < -0.4 is 0 Å². The molecule has 4 heteroatoms. The number of nitrogens with zero attached hydrogens (tertiary/aromatic N) is 3. The van der Waals surface area contributed by atoms with Crippen molar-refractivity contribution in [2.45, 2.75) is 26.7 Å². The van der Waals surface area contributed by atoms with Crippen LogP contribution in [0.5, 0.6) is 0 Å². The average Bonchev–Trinajstić information content (AvgIpc) is 2.51. The van der Waals surface area contributed by atoms with E-state index in [0.717, 1.165) is 37.6 Å². The Morgan fingerprint density at radius 1 is 1.46 bits per heavy atom. The van der Waals surface area contributed by atoms with Crippen molar-refractivity contribution < 1.29 is 4.52 Å². The molecule has 0 saturated carbocycles. The Labute approximate surface area is 78.9 Å². The van der Waals surface area contributed by atoms with Crippen molar-refractivity contribution in [1.82, 2.24) is 15.0 Å². The predicted octanol–water partition coefficient (Wildman–Crippen LogP) is 1.26. The van der Waals surface area contributed by atoms with Gasteiger partial charge in [0.05, 0.1) is 0 Å². The molecule has 0 radical (unpaired) electrons. The number of hydrogen-bond donors (Lipinski definition) is 0. The summed E-state index contributed by atoms with van der Waals surface area (Å²) < 4.78 is 5.00. The third kappa shape index (κ3) is 3.55. The van der Waals surface area contributed by atoms with Crippen LogP contribution in [0, 0.1) is 6.92 Å². The zero-order valence-electron chi connectivity index (χ0n) is 8.58. The van der Waals surface area contributed by atoms with Gasteiger partial charge in [-0.15, -0.1) is 0 Å². The van der Waals surface area contributed by atoms with Gasteiger partial charge in [-0.05, 0) is 33.5 Å². The van der Waals surface area contributed by atoms with Crippen molar-refractivity contribution in [1.29, 1.82) is 0 Å².